The fourth-order valence-corrected chi connectivity index (χ4v) is 12.8. The molecule has 12 aromatic carbocycles. The van der Waals surface area contributed by atoms with Crippen LogP contribution in [0.3, 0.4) is 0 Å². The Bertz CT molecular complexity index is 4460. The highest BCUT2D eigenvalue weighted by Crippen LogP contribution is 2.63. The molecule has 0 amide bonds. The van der Waals surface area contributed by atoms with E-state index in [1.807, 2.05) is 6.07 Å². The molecule has 0 aliphatic heterocycles. The lowest BCUT2D eigenvalue weighted by atomic mass is 9.70. The van der Waals surface area contributed by atoms with Crippen LogP contribution in [0.25, 0.3) is 110 Å². The maximum atomic E-state index is 7.25. The Hall–Kier alpha value is -9.18. The van der Waals surface area contributed by atoms with E-state index in [4.69, 9.17) is 8.83 Å². The van der Waals surface area contributed by atoms with Crippen molar-refractivity contribution in [2.45, 2.75) is 5.41 Å². The number of nitrogens with zero attached hydrogens (tertiary/aromatic N) is 1. The lowest BCUT2D eigenvalue weighted by Crippen LogP contribution is -2.26. The zero-order valence-electron chi connectivity index (χ0n) is 37.8. The number of benzene rings is 12. The summed E-state index contributed by atoms with van der Waals surface area (Å²) in [5.41, 5.74) is 18.4. The Balaban J connectivity index is 1.01. The molecule has 0 fully saturated rings. The van der Waals surface area contributed by atoms with Gasteiger partial charge in [-0.25, -0.2) is 0 Å². The molecule has 70 heavy (non-hydrogen) atoms. The highest BCUT2D eigenvalue weighted by Gasteiger charge is 2.51. The molecule has 0 radical (unpaired) electrons. The van der Waals surface area contributed by atoms with Crippen LogP contribution >= 0.6 is 0 Å². The Kier molecular flexibility index (Phi) is 7.54. The van der Waals surface area contributed by atoms with E-state index in [0.29, 0.717) is 0 Å². The zero-order valence-corrected chi connectivity index (χ0v) is 37.8. The second kappa shape index (κ2) is 13.9. The van der Waals surface area contributed by atoms with Gasteiger partial charge in [0.1, 0.15) is 16.7 Å². The standard InChI is InChI=1S/C67H39NO2/c1-2-16-42(17-3-1)68(43-31-33-52-51-24-10-14-28-58(51)67(59(52)39-43)56-26-12-8-22-49(56)50-23-9-13-27-57(50)67)60-38-41(37-55-65-63(70-66(55)60)35-34-62-64(65)53-25-11-15-29-61(53)69-62)40-30-32-48-46-20-5-4-18-44(46)45-19-6-7-21-47(45)54(48)36-40/h1-39H. The van der Waals surface area contributed by atoms with Gasteiger partial charge in [0.15, 0.2) is 5.58 Å². The molecule has 0 unspecified atom stereocenters. The van der Waals surface area contributed by atoms with Crippen LogP contribution in [-0.4, -0.2) is 0 Å². The molecule has 2 aliphatic carbocycles. The van der Waals surface area contributed by atoms with Gasteiger partial charge in [0.25, 0.3) is 0 Å². The molecule has 14 aromatic rings. The van der Waals surface area contributed by atoms with Gasteiger partial charge in [0.05, 0.1) is 11.1 Å². The normalized spacial score (nSPS) is 13.3. The van der Waals surface area contributed by atoms with Crippen molar-refractivity contribution in [3.05, 3.63) is 259 Å². The minimum absolute atomic E-state index is 0.500. The van der Waals surface area contributed by atoms with E-state index in [1.165, 1.54) is 76.8 Å². The van der Waals surface area contributed by atoms with Crippen molar-refractivity contribution < 1.29 is 8.83 Å². The summed E-state index contributed by atoms with van der Waals surface area (Å²) in [6.45, 7) is 0. The average Bonchev–Trinajstić information content (AvgIpc) is 4.17. The van der Waals surface area contributed by atoms with Crippen molar-refractivity contribution in [3.8, 4) is 33.4 Å². The summed E-state index contributed by atoms with van der Waals surface area (Å²) in [7, 11) is 0. The Labute approximate surface area is 402 Å². The third-order valence-electron chi connectivity index (χ3n) is 15.6. The summed E-state index contributed by atoms with van der Waals surface area (Å²) in [5.74, 6) is 0. The molecule has 2 heterocycles. The third-order valence-corrected chi connectivity index (χ3v) is 15.6. The predicted octanol–water partition coefficient (Wildman–Crippen LogP) is 18.4. The van der Waals surface area contributed by atoms with Crippen LogP contribution < -0.4 is 4.90 Å². The van der Waals surface area contributed by atoms with Gasteiger partial charge < -0.3 is 13.7 Å². The average molecular weight is 890 g/mol. The van der Waals surface area contributed by atoms with Crippen LogP contribution in [0.1, 0.15) is 22.3 Å². The van der Waals surface area contributed by atoms with Crippen LogP contribution in [0.15, 0.2) is 245 Å². The van der Waals surface area contributed by atoms with E-state index >= 15 is 0 Å². The first kappa shape index (κ1) is 37.9. The van der Waals surface area contributed by atoms with Gasteiger partial charge in [-0.1, -0.05) is 176 Å². The highest BCUT2D eigenvalue weighted by atomic mass is 16.3. The van der Waals surface area contributed by atoms with Crippen molar-refractivity contribution in [3.63, 3.8) is 0 Å². The monoisotopic (exact) mass is 889 g/mol. The maximum absolute atomic E-state index is 7.25. The molecule has 2 aromatic heterocycles. The van der Waals surface area contributed by atoms with Crippen molar-refractivity contribution in [1.29, 1.82) is 0 Å². The topological polar surface area (TPSA) is 29.5 Å². The second-order valence-electron chi connectivity index (χ2n) is 19.0. The fraction of sp³-hybridized carbons (Fsp3) is 0.0149. The predicted molar refractivity (Wildman–Crippen MR) is 290 cm³/mol. The Morgan fingerprint density at radius 3 is 1.44 bits per heavy atom. The van der Waals surface area contributed by atoms with Crippen molar-refractivity contribution in [1.82, 2.24) is 0 Å². The lowest BCUT2D eigenvalue weighted by Gasteiger charge is -2.32. The van der Waals surface area contributed by atoms with Gasteiger partial charge in [-0.2, -0.15) is 0 Å². The van der Waals surface area contributed by atoms with Crippen LogP contribution in [-0.2, 0) is 5.41 Å². The minimum Gasteiger partial charge on any atom is -0.456 e. The second-order valence-corrected chi connectivity index (χ2v) is 19.0. The molecule has 0 saturated heterocycles. The first-order chi connectivity index (χ1) is 34.7. The van der Waals surface area contributed by atoms with Gasteiger partial charge in [-0.05, 0) is 149 Å². The largest absolute Gasteiger partial charge is 0.456 e. The van der Waals surface area contributed by atoms with Gasteiger partial charge in [0, 0.05) is 32.9 Å². The minimum atomic E-state index is -0.500. The van der Waals surface area contributed by atoms with E-state index in [1.54, 1.807) is 0 Å². The number of hydrogen-bond acceptors (Lipinski definition) is 3. The molecule has 0 bridgehead atoms. The molecule has 0 atom stereocenters. The van der Waals surface area contributed by atoms with Crippen LogP contribution in [0.4, 0.5) is 17.1 Å². The number of anilines is 3. The molecule has 16 rings (SSSR count). The Morgan fingerprint density at radius 1 is 0.286 bits per heavy atom. The summed E-state index contributed by atoms with van der Waals surface area (Å²) < 4.78 is 13.8. The SMILES string of the molecule is c1ccc(N(c2ccc3c(c2)C2(c4ccccc4-c4ccccc42)c2ccccc2-3)c2cc(-c3ccc4c5ccccc5c5ccccc5c4c3)cc3c2oc2ccc4oc5ccccc5c4c23)cc1. The quantitative estimate of drug-likeness (QED) is 0.165. The summed E-state index contributed by atoms with van der Waals surface area (Å²) in [6.07, 6.45) is 0. The van der Waals surface area contributed by atoms with Gasteiger partial charge in [-0.3, -0.25) is 0 Å². The molecular formula is C67H39NO2. The molecule has 0 saturated carbocycles. The number of para-hydroxylation sites is 2. The number of rotatable bonds is 4. The van der Waals surface area contributed by atoms with E-state index < -0.39 is 5.41 Å². The van der Waals surface area contributed by atoms with Crippen molar-refractivity contribution in [2.75, 3.05) is 4.90 Å². The lowest BCUT2D eigenvalue weighted by molar-refractivity contribution is 0.663. The first-order valence-corrected chi connectivity index (χ1v) is 24.2. The van der Waals surface area contributed by atoms with E-state index in [9.17, 15) is 0 Å². The van der Waals surface area contributed by atoms with E-state index in [2.05, 4.69) is 235 Å². The summed E-state index contributed by atoms with van der Waals surface area (Å²) in [6, 6.07) is 86.9. The maximum Gasteiger partial charge on any atom is 0.159 e. The summed E-state index contributed by atoms with van der Waals surface area (Å²) in [4.78, 5) is 2.42. The molecule has 0 N–H and O–H groups in total. The van der Waals surface area contributed by atoms with Gasteiger partial charge in [0.2, 0.25) is 0 Å². The van der Waals surface area contributed by atoms with E-state index in [0.717, 1.165) is 72.1 Å². The molecule has 324 valence electrons. The van der Waals surface area contributed by atoms with E-state index in [-0.39, 0.29) is 0 Å². The molecular weight excluding hydrogens is 851 g/mol. The van der Waals surface area contributed by atoms with Gasteiger partial charge >= 0.3 is 0 Å². The summed E-state index contributed by atoms with van der Waals surface area (Å²) in [5, 5.41) is 11.7. The molecule has 2 aliphatic rings. The fourth-order valence-electron chi connectivity index (χ4n) is 12.8. The first-order valence-electron chi connectivity index (χ1n) is 24.2. The molecule has 3 nitrogen and oxygen atoms in total. The zero-order chi connectivity index (χ0) is 45.7. The number of fused-ring (bicyclic) bond motifs is 23. The molecule has 1 spiro atoms. The Morgan fingerprint density at radius 2 is 0.786 bits per heavy atom. The van der Waals surface area contributed by atoms with Crippen LogP contribution in [0, 0.1) is 0 Å². The number of hydrogen-bond donors (Lipinski definition) is 0. The third kappa shape index (κ3) is 4.92. The molecule has 3 heteroatoms. The van der Waals surface area contributed by atoms with Crippen molar-refractivity contribution >= 4 is 93.3 Å². The van der Waals surface area contributed by atoms with Crippen LogP contribution in [0.2, 0.25) is 0 Å². The smallest absolute Gasteiger partial charge is 0.159 e. The number of furan rings is 2. The van der Waals surface area contributed by atoms with Gasteiger partial charge in [-0.15, -0.1) is 0 Å². The van der Waals surface area contributed by atoms with Crippen molar-refractivity contribution in [2.24, 2.45) is 0 Å². The highest BCUT2D eigenvalue weighted by molar-refractivity contribution is 6.28. The summed E-state index contributed by atoms with van der Waals surface area (Å²) >= 11 is 0. The van der Waals surface area contributed by atoms with Crippen LogP contribution in [0.5, 0.6) is 0 Å².